The van der Waals surface area contributed by atoms with Crippen LogP contribution in [0.3, 0.4) is 0 Å². The number of carbonyl (C=O) groups excluding carboxylic acids is 3. The lowest BCUT2D eigenvalue weighted by atomic mass is 10.0. The molecule has 0 saturated carbocycles. The van der Waals surface area contributed by atoms with Crippen molar-refractivity contribution in [1.29, 1.82) is 0 Å². The number of piperazine rings is 1. The van der Waals surface area contributed by atoms with Crippen LogP contribution in [0.4, 0.5) is 11.4 Å². The van der Waals surface area contributed by atoms with Gasteiger partial charge in [-0.2, -0.15) is 0 Å². The van der Waals surface area contributed by atoms with Gasteiger partial charge in [0.05, 0.1) is 18.8 Å². The van der Waals surface area contributed by atoms with Crippen LogP contribution in [0.1, 0.15) is 27.0 Å². The maximum absolute atomic E-state index is 12.9. The first kappa shape index (κ1) is 25.3. The van der Waals surface area contributed by atoms with E-state index in [1.54, 1.807) is 36.4 Å². The summed E-state index contributed by atoms with van der Waals surface area (Å²) in [7, 11) is 0. The fourth-order valence-electron chi connectivity index (χ4n) is 4.43. The number of benzene rings is 3. The summed E-state index contributed by atoms with van der Waals surface area (Å²) in [6.07, 6.45) is 0. The van der Waals surface area contributed by atoms with E-state index in [2.05, 4.69) is 20.4 Å². The van der Waals surface area contributed by atoms with Crippen LogP contribution >= 0.6 is 0 Å². The number of nitrogens with zero attached hydrogens (tertiary/aromatic N) is 2. The second-order valence-corrected chi connectivity index (χ2v) is 9.16. The number of nitrogens with one attached hydrogen (secondary N) is 2. The Morgan fingerprint density at radius 2 is 1.19 bits per heavy atom. The Kier molecular flexibility index (Phi) is 8.25. The second-order valence-electron chi connectivity index (χ2n) is 9.16. The van der Waals surface area contributed by atoms with Gasteiger partial charge in [-0.1, -0.05) is 60.7 Å². The van der Waals surface area contributed by atoms with Crippen molar-refractivity contribution in [3.8, 4) is 0 Å². The summed E-state index contributed by atoms with van der Waals surface area (Å²) in [5.41, 5.74) is 4.54. The number of amides is 2. The van der Waals surface area contributed by atoms with Gasteiger partial charge >= 0.3 is 0 Å². The van der Waals surface area contributed by atoms with Crippen LogP contribution in [0.5, 0.6) is 0 Å². The van der Waals surface area contributed by atoms with Gasteiger partial charge in [0.1, 0.15) is 0 Å². The molecule has 2 N–H and O–H groups in total. The van der Waals surface area contributed by atoms with Gasteiger partial charge in [0, 0.05) is 43.0 Å². The van der Waals surface area contributed by atoms with E-state index in [1.165, 1.54) is 0 Å². The number of aryl methyl sites for hydroxylation is 2. The van der Waals surface area contributed by atoms with Crippen molar-refractivity contribution in [2.24, 2.45) is 0 Å². The van der Waals surface area contributed by atoms with E-state index >= 15 is 0 Å². The molecule has 0 unspecified atom stereocenters. The van der Waals surface area contributed by atoms with Crippen molar-refractivity contribution >= 4 is 29.0 Å². The Hall–Kier alpha value is -3.81. The van der Waals surface area contributed by atoms with E-state index in [-0.39, 0.29) is 24.1 Å². The average molecular weight is 485 g/mol. The van der Waals surface area contributed by atoms with E-state index < -0.39 is 0 Å². The number of hydrogen-bond acceptors (Lipinski definition) is 5. The number of carbonyl (C=O) groups is 3. The zero-order valence-corrected chi connectivity index (χ0v) is 20.8. The van der Waals surface area contributed by atoms with Crippen molar-refractivity contribution in [3.63, 3.8) is 0 Å². The molecular formula is C29H32N4O3. The molecule has 1 aliphatic heterocycles. The van der Waals surface area contributed by atoms with Gasteiger partial charge in [-0.05, 0) is 37.1 Å². The molecule has 1 saturated heterocycles. The monoisotopic (exact) mass is 484 g/mol. The summed E-state index contributed by atoms with van der Waals surface area (Å²) < 4.78 is 0. The summed E-state index contributed by atoms with van der Waals surface area (Å²) in [5.74, 6) is -0.318. The highest BCUT2D eigenvalue weighted by Gasteiger charge is 2.22. The van der Waals surface area contributed by atoms with Gasteiger partial charge in [0.15, 0.2) is 5.78 Å². The van der Waals surface area contributed by atoms with Crippen molar-refractivity contribution in [1.82, 2.24) is 9.80 Å². The summed E-state index contributed by atoms with van der Waals surface area (Å²) >= 11 is 0. The summed E-state index contributed by atoms with van der Waals surface area (Å²) in [6.45, 7) is 7.32. The lowest BCUT2D eigenvalue weighted by Crippen LogP contribution is -2.50. The Morgan fingerprint density at radius 3 is 1.81 bits per heavy atom. The molecule has 3 aromatic rings. The fraction of sp³-hybridized carbons (Fsp3) is 0.276. The molecule has 2 amide bonds. The van der Waals surface area contributed by atoms with Crippen LogP contribution in [0.25, 0.3) is 0 Å². The molecule has 0 spiro atoms. The molecule has 7 nitrogen and oxygen atoms in total. The molecule has 1 heterocycles. The van der Waals surface area contributed by atoms with Crippen LogP contribution in [0.2, 0.25) is 0 Å². The Balaban J connectivity index is 1.26. The molecule has 36 heavy (non-hydrogen) atoms. The third-order valence-corrected chi connectivity index (χ3v) is 6.43. The quantitative estimate of drug-likeness (QED) is 0.476. The number of anilines is 2. The third-order valence-electron chi connectivity index (χ3n) is 6.43. The van der Waals surface area contributed by atoms with E-state index in [4.69, 9.17) is 0 Å². The van der Waals surface area contributed by atoms with Gasteiger partial charge in [-0.25, -0.2) is 0 Å². The largest absolute Gasteiger partial charge is 0.324 e. The van der Waals surface area contributed by atoms with Gasteiger partial charge in [-0.3, -0.25) is 24.2 Å². The van der Waals surface area contributed by atoms with Gasteiger partial charge in [-0.15, -0.1) is 0 Å². The van der Waals surface area contributed by atoms with E-state index in [9.17, 15) is 14.4 Å². The summed E-state index contributed by atoms with van der Waals surface area (Å²) in [5, 5.41) is 5.95. The minimum atomic E-state index is -0.162. The molecule has 0 atom stereocenters. The first-order valence-corrected chi connectivity index (χ1v) is 12.2. The number of rotatable bonds is 8. The number of para-hydroxylation sites is 2. The smallest absolute Gasteiger partial charge is 0.238 e. The molecular weight excluding hydrogens is 452 g/mol. The highest BCUT2D eigenvalue weighted by molar-refractivity contribution is 6.13. The summed E-state index contributed by atoms with van der Waals surface area (Å²) in [6, 6.07) is 22.1. The normalized spacial score (nSPS) is 14.3. The lowest BCUT2D eigenvalue weighted by molar-refractivity contribution is -0.120. The third kappa shape index (κ3) is 6.44. The number of hydrogen-bond donors (Lipinski definition) is 2. The van der Waals surface area contributed by atoms with Crippen molar-refractivity contribution in [2.45, 2.75) is 13.8 Å². The molecule has 186 valence electrons. The second kappa shape index (κ2) is 11.7. The summed E-state index contributed by atoms with van der Waals surface area (Å²) in [4.78, 5) is 42.4. The Bertz CT molecular complexity index is 1210. The van der Waals surface area contributed by atoms with E-state index in [0.717, 1.165) is 16.8 Å². The van der Waals surface area contributed by atoms with Crippen LogP contribution < -0.4 is 10.6 Å². The SMILES string of the molecule is Cc1cccc(C)c1NC(=O)CN1CCN(CC(=O)Nc2ccccc2C(=O)c2ccccc2)CC1. The maximum atomic E-state index is 12.9. The molecule has 4 rings (SSSR count). The zero-order chi connectivity index (χ0) is 25.5. The first-order valence-electron chi connectivity index (χ1n) is 12.2. The standard InChI is InChI=1S/C29H32N4O3/c1-21-9-8-10-22(2)28(21)31-27(35)20-33-17-15-32(16-18-33)19-26(34)30-25-14-7-6-13-24(25)29(36)23-11-4-3-5-12-23/h3-14H,15-20H2,1-2H3,(H,30,34)(H,31,35). The molecule has 1 aliphatic rings. The van der Waals surface area contributed by atoms with Crippen LogP contribution in [-0.4, -0.2) is 66.7 Å². The van der Waals surface area contributed by atoms with Gasteiger partial charge in [0.2, 0.25) is 11.8 Å². The van der Waals surface area contributed by atoms with Gasteiger partial charge < -0.3 is 10.6 Å². The predicted molar refractivity (Wildman–Crippen MR) is 142 cm³/mol. The van der Waals surface area contributed by atoms with Crippen LogP contribution in [0.15, 0.2) is 72.8 Å². The molecule has 3 aromatic carbocycles. The molecule has 1 fully saturated rings. The minimum absolute atomic E-state index is 0.0294. The first-order chi connectivity index (χ1) is 17.4. The zero-order valence-electron chi connectivity index (χ0n) is 20.8. The minimum Gasteiger partial charge on any atom is -0.324 e. The topological polar surface area (TPSA) is 81.8 Å². The van der Waals surface area contributed by atoms with E-state index in [1.807, 2.05) is 50.2 Å². The molecule has 0 aromatic heterocycles. The molecule has 0 bridgehead atoms. The fourth-order valence-corrected chi connectivity index (χ4v) is 4.43. The maximum Gasteiger partial charge on any atom is 0.238 e. The highest BCUT2D eigenvalue weighted by atomic mass is 16.2. The van der Waals surface area contributed by atoms with Crippen LogP contribution in [-0.2, 0) is 9.59 Å². The Morgan fingerprint density at radius 1 is 0.667 bits per heavy atom. The molecule has 0 aliphatic carbocycles. The number of ketones is 1. The molecule has 7 heteroatoms. The van der Waals surface area contributed by atoms with Crippen LogP contribution in [0, 0.1) is 13.8 Å². The molecule has 0 radical (unpaired) electrons. The van der Waals surface area contributed by atoms with Gasteiger partial charge in [0.25, 0.3) is 0 Å². The van der Waals surface area contributed by atoms with Crippen molar-refractivity contribution < 1.29 is 14.4 Å². The highest BCUT2D eigenvalue weighted by Crippen LogP contribution is 2.20. The Labute approximate surface area is 212 Å². The van der Waals surface area contributed by atoms with Crippen molar-refractivity contribution in [2.75, 3.05) is 49.9 Å². The van der Waals surface area contributed by atoms with Crippen molar-refractivity contribution in [3.05, 3.63) is 95.1 Å². The lowest BCUT2D eigenvalue weighted by Gasteiger charge is -2.33. The average Bonchev–Trinajstić information content (AvgIpc) is 2.88. The predicted octanol–water partition coefficient (Wildman–Crippen LogP) is 3.73. The van der Waals surface area contributed by atoms with E-state index in [0.29, 0.717) is 49.5 Å².